The number of benzene rings is 2. The summed E-state index contributed by atoms with van der Waals surface area (Å²) >= 11 is 5.97. The number of carbonyl (C=O) groups excluding carboxylic acids is 1. The van der Waals surface area contributed by atoms with Gasteiger partial charge in [-0.3, -0.25) is 9.59 Å². The van der Waals surface area contributed by atoms with Crippen molar-refractivity contribution in [3.63, 3.8) is 0 Å². The van der Waals surface area contributed by atoms with Crippen LogP contribution in [0.5, 0.6) is 0 Å². The van der Waals surface area contributed by atoms with Gasteiger partial charge in [-0.1, -0.05) is 29.8 Å². The van der Waals surface area contributed by atoms with Gasteiger partial charge in [0.1, 0.15) is 11.4 Å². The van der Waals surface area contributed by atoms with Crippen LogP contribution in [0.25, 0.3) is 16.9 Å². The zero-order chi connectivity index (χ0) is 22.7. The highest BCUT2D eigenvalue weighted by Gasteiger charge is 2.28. The lowest BCUT2D eigenvalue weighted by Gasteiger charge is -2.21. The molecule has 0 radical (unpaired) electrons. The first-order valence-electron chi connectivity index (χ1n) is 10.1. The number of ether oxygens (including phenoxy) is 1. The van der Waals surface area contributed by atoms with E-state index in [2.05, 4.69) is 10.4 Å². The van der Waals surface area contributed by atoms with Crippen LogP contribution in [0.15, 0.2) is 59.4 Å². The van der Waals surface area contributed by atoms with E-state index < -0.39 is 23.3 Å². The quantitative estimate of drug-likeness (QED) is 0.593. The van der Waals surface area contributed by atoms with E-state index in [0.717, 1.165) is 10.7 Å². The molecule has 1 saturated heterocycles. The van der Waals surface area contributed by atoms with Gasteiger partial charge >= 0.3 is 0 Å². The second-order valence-corrected chi connectivity index (χ2v) is 7.97. The Bertz CT molecular complexity index is 1180. The molecule has 7 nitrogen and oxygen atoms in total. The molecule has 2 atom stereocenters. The van der Waals surface area contributed by atoms with Gasteiger partial charge in [0.05, 0.1) is 30.6 Å². The molecule has 1 aromatic heterocycles. The summed E-state index contributed by atoms with van der Waals surface area (Å²) in [5.74, 6) is -1.24. The Kier molecular flexibility index (Phi) is 6.64. The summed E-state index contributed by atoms with van der Waals surface area (Å²) in [5.41, 5.74) is 0.261. The molecule has 0 spiro atoms. The van der Waals surface area contributed by atoms with Crippen molar-refractivity contribution in [3.05, 3.63) is 81.4 Å². The molecular weight excluding hydrogens is 437 g/mol. The summed E-state index contributed by atoms with van der Waals surface area (Å²) in [6.07, 6.45) is 0.700. The van der Waals surface area contributed by atoms with Gasteiger partial charge in [-0.25, -0.2) is 4.39 Å². The average molecular weight is 458 g/mol. The van der Waals surface area contributed by atoms with Crippen molar-refractivity contribution in [2.24, 2.45) is 5.92 Å². The van der Waals surface area contributed by atoms with Gasteiger partial charge < -0.3 is 15.2 Å². The Morgan fingerprint density at radius 2 is 2.06 bits per heavy atom. The molecule has 1 aliphatic heterocycles. The molecule has 1 aliphatic rings. The minimum absolute atomic E-state index is 0.0491. The van der Waals surface area contributed by atoms with Crippen molar-refractivity contribution in [3.8, 4) is 16.9 Å². The molecule has 2 aromatic carbocycles. The molecule has 166 valence electrons. The van der Waals surface area contributed by atoms with Crippen molar-refractivity contribution >= 4 is 17.5 Å². The van der Waals surface area contributed by atoms with Crippen molar-refractivity contribution in [1.29, 1.82) is 0 Å². The molecular formula is C23H21ClFN3O4. The van der Waals surface area contributed by atoms with Gasteiger partial charge in [-0.15, -0.1) is 0 Å². The molecule has 0 aliphatic carbocycles. The highest BCUT2D eigenvalue weighted by atomic mass is 35.5. The van der Waals surface area contributed by atoms with Crippen LogP contribution in [0, 0.1) is 11.7 Å². The van der Waals surface area contributed by atoms with E-state index in [0.29, 0.717) is 35.9 Å². The maximum atomic E-state index is 13.8. The molecule has 32 heavy (non-hydrogen) atoms. The number of amides is 1. The Balaban J connectivity index is 1.78. The topological polar surface area (TPSA) is 93.4 Å². The summed E-state index contributed by atoms with van der Waals surface area (Å²) in [7, 11) is 0. The number of aliphatic hydroxyl groups excluding tert-OH is 1. The van der Waals surface area contributed by atoms with E-state index in [1.165, 1.54) is 24.3 Å². The van der Waals surface area contributed by atoms with Gasteiger partial charge in [0, 0.05) is 23.1 Å². The van der Waals surface area contributed by atoms with Crippen LogP contribution >= 0.6 is 11.6 Å². The first-order valence-corrected chi connectivity index (χ1v) is 10.5. The van der Waals surface area contributed by atoms with Gasteiger partial charge in [-0.05, 0) is 42.8 Å². The summed E-state index contributed by atoms with van der Waals surface area (Å²) in [6.45, 7) is 0.692. The molecule has 1 fully saturated rings. The fraction of sp³-hybridized carbons (Fsp3) is 0.261. The monoisotopic (exact) mass is 457 g/mol. The van der Waals surface area contributed by atoms with Crippen molar-refractivity contribution in [2.45, 2.75) is 12.5 Å². The van der Waals surface area contributed by atoms with E-state index in [1.54, 1.807) is 24.3 Å². The molecule has 0 saturated carbocycles. The number of hydrogen-bond donors (Lipinski definition) is 2. The van der Waals surface area contributed by atoms with Crippen molar-refractivity contribution in [1.82, 2.24) is 15.1 Å². The van der Waals surface area contributed by atoms with E-state index in [4.69, 9.17) is 16.3 Å². The molecule has 3 aromatic rings. The molecule has 2 N–H and O–H groups in total. The minimum atomic E-state index is -0.704. The summed E-state index contributed by atoms with van der Waals surface area (Å²) < 4.78 is 20.2. The molecule has 4 rings (SSSR count). The third-order valence-corrected chi connectivity index (χ3v) is 5.65. The van der Waals surface area contributed by atoms with Gasteiger partial charge in [0.15, 0.2) is 0 Å². The fourth-order valence-electron chi connectivity index (χ4n) is 3.63. The molecule has 9 heteroatoms. The second kappa shape index (κ2) is 9.60. The normalized spacial score (nSPS) is 16.7. The van der Waals surface area contributed by atoms with Crippen LogP contribution in [-0.4, -0.2) is 46.7 Å². The predicted octanol–water partition coefficient (Wildman–Crippen LogP) is 2.82. The number of nitrogens with zero attached hydrogens (tertiary/aromatic N) is 2. The van der Waals surface area contributed by atoms with Crippen LogP contribution in [-0.2, 0) is 4.74 Å². The zero-order valence-corrected chi connectivity index (χ0v) is 17.8. The molecule has 2 heterocycles. The summed E-state index contributed by atoms with van der Waals surface area (Å²) in [5, 5.41) is 17.4. The maximum absolute atomic E-state index is 13.8. The lowest BCUT2D eigenvalue weighted by Crippen LogP contribution is -2.45. The second-order valence-electron chi connectivity index (χ2n) is 7.53. The van der Waals surface area contributed by atoms with Crippen molar-refractivity contribution < 1.29 is 19.0 Å². The fourth-order valence-corrected chi connectivity index (χ4v) is 3.76. The van der Waals surface area contributed by atoms with E-state index in [1.807, 2.05) is 0 Å². The van der Waals surface area contributed by atoms with E-state index in [-0.39, 0.29) is 23.8 Å². The Morgan fingerprint density at radius 1 is 1.28 bits per heavy atom. The average Bonchev–Trinajstić information content (AvgIpc) is 3.33. The van der Waals surface area contributed by atoms with Gasteiger partial charge in [-0.2, -0.15) is 9.78 Å². The summed E-state index contributed by atoms with van der Waals surface area (Å²) in [6, 6.07) is 13.0. The van der Waals surface area contributed by atoms with Gasteiger partial charge in [0.2, 0.25) is 0 Å². The Morgan fingerprint density at radius 3 is 2.72 bits per heavy atom. The SMILES string of the molecule is O=C(N[C@H](CO)[C@@H]1CCOC1)c1cc(-c2ccc(Cl)cc2)nn(-c2cccc(F)c2)c1=O. The lowest BCUT2D eigenvalue weighted by molar-refractivity contribution is 0.0875. The van der Waals surface area contributed by atoms with Crippen LogP contribution in [0.1, 0.15) is 16.8 Å². The number of hydrogen-bond acceptors (Lipinski definition) is 5. The first kappa shape index (κ1) is 22.1. The first-order chi connectivity index (χ1) is 15.5. The molecule has 0 bridgehead atoms. The lowest BCUT2D eigenvalue weighted by atomic mass is 9.99. The Labute approximate surface area is 188 Å². The van der Waals surface area contributed by atoms with Crippen LogP contribution in [0.3, 0.4) is 0 Å². The number of rotatable bonds is 6. The van der Waals surface area contributed by atoms with Crippen LogP contribution < -0.4 is 10.9 Å². The highest BCUT2D eigenvalue weighted by Crippen LogP contribution is 2.21. The van der Waals surface area contributed by atoms with E-state index in [9.17, 15) is 19.1 Å². The predicted molar refractivity (Wildman–Crippen MR) is 118 cm³/mol. The third-order valence-electron chi connectivity index (χ3n) is 5.40. The van der Waals surface area contributed by atoms with Crippen LogP contribution in [0.2, 0.25) is 5.02 Å². The summed E-state index contributed by atoms with van der Waals surface area (Å²) in [4.78, 5) is 26.2. The standard InChI is InChI=1S/C23H21ClFN3O4/c24-16-6-4-14(5-7-16)20-11-19(22(30)26-21(12-29)15-8-9-32-13-15)23(31)28(27-20)18-3-1-2-17(25)10-18/h1-7,10-11,15,21,29H,8-9,12-13H2,(H,26,30)/t15-,21-/m1/s1. The molecule has 0 unspecified atom stereocenters. The molecule has 1 amide bonds. The number of carbonyl (C=O) groups is 1. The smallest absolute Gasteiger partial charge is 0.284 e. The minimum Gasteiger partial charge on any atom is -0.394 e. The Hall–Kier alpha value is -3.07. The van der Waals surface area contributed by atoms with Gasteiger partial charge in [0.25, 0.3) is 11.5 Å². The number of nitrogens with one attached hydrogen (secondary N) is 1. The number of aromatic nitrogens is 2. The van der Waals surface area contributed by atoms with E-state index >= 15 is 0 Å². The number of aliphatic hydroxyl groups is 1. The number of halogens is 2. The zero-order valence-electron chi connectivity index (χ0n) is 17.0. The van der Waals surface area contributed by atoms with Crippen LogP contribution in [0.4, 0.5) is 4.39 Å². The third kappa shape index (κ3) is 4.72. The highest BCUT2D eigenvalue weighted by molar-refractivity contribution is 6.30. The maximum Gasteiger partial charge on any atom is 0.284 e. The van der Waals surface area contributed by atoms with Crippen molar-refractivity contribution in [2.75, 3.05) is 19.8 Å². The largest absolute Gasteiger partial charge is 0.394 e.